The predicted molar refractivity (Wildman–Crippen MR) is 68.8 cm³/mol. The molecule has 0 saturated carbocycles. The van der Waals surface area contributed by atoms with Crippen LogP contribution in [0, 0.1) is 0 Å². The molecule has 0 aliphatic heterocycles. The molecule has 2 aromatic carbocycles. The third-order valence-electron chi connectivity index (χ3n) is 2.75. The fourth-order valence-electron chi connectivity index (χ4n) is 1.83. The Hall–Kier alpha value is -2.42. The number of ketones is 1. The van der Waals surface area contributed by atoms with E-state index in [0.717, 1.165) is 11.1 Å². The Morgan fingerprint density at radius 2 is 1.56 bits per heavy atom. The molecule has 18 heavy (non-hydrogen) atoms. The van der Waals surface area contributed by atoms with Crippen molar-refractivity contribution in [2.75, 3.05) is 0 Å². The second kappa shape index (κ2) is 4.84. The van der Waals surface area contributed by atoms with Crippen molar-refractivity contribution >= 4 is 11.8 Å². The molecule has 2 aromatic rings. The van der Waals surface area contributed by atoms with E-state index in [2.05, 4.69) is 0 Å². The van der Waals surface area contributed by atoms with Gasteiger partial charge in [0.1, 0.15) is 0 Å². The highest BCUT2D eigenvalue weighted by Gasteiger charge is 2.09. The van der Waals surface area contributed by atoms with Crippen LogP contribution in [-0.2, 0) is 0 Å². The first-order valence-corrected chi connectivity index (χ1v) is 5.53. The summed E-state index contributed by atoms with van der Waals surface area (Å²) in [5.74, 6) is -0.964. The zero-order chi connectivity index (χ0) is 13.1. The summed E-state index contributed by atoms with van der Waals surface area (Å²) in [5.41, 5.74) is 2.53. The zero-order valence-corrected chi connectivity index (χ0v) is 9.88. The predicted octanol–water partition coefficient (Wildman–Crippen LogP) is 3.25. The van der Waals surface area contributed by atoms with Gasteiger partial charge in [0.2, 0.25) is 0 Å². The average molecular weight is 240 g/mol. The van der Waals surface area contributed by atoms with Gasteiger partial charge >= 0.3 is 5.97 Å². The quantitative estimate of drug-likeness (QED) is 0.838. The van der Waals surface area contributed by atoms with Gasteiger partial charge in [-0.1, -0.05) is 36.4 Å². The van der Waals surface area contributed by atoms with E-state index in [9.17, 15) is 9.59 Å². The van der Waals surface area contributed by atoms with Crippen LogP contribution in [0.5, 0.6) is 0 Å². The van der Waals surface area contributed by atoms with Crippen molar-refractivity contribution in [3.05, 3.63) is 59.7 Å². The van der Waals surface area contributed by atoms with E-state index < -0.39 is 5.97 Å². The van der Waals surface area contributed by atoms with Crippen molar-refractivity contribution in [2.24, 2.45) is 0 Å². The Kier molecular flexibility index (Phi) is 3.24. The van der Waals surface area contributed by atoms with Crippen LogP contribution in [0.1, 0.15) is 27.6 Å². The summed E-state index contributed by atoms with van der Waals surface area (Å²) >= 11 is 0. The third kappa shape index (κ3) is 2.30. The number of carbonyl (C=O) groups is 2. The number of carboxylic acid groups (broad SMARTS) is 1. The molecule has 0 amide bonds. The second-order valence-corrected chi connectivity index (χ2v) is 3.98. The van der Waals surface area contributed by atoms with Gasteiger partial charge in [-0.3, -0.25) is 4.79 Å². The normalized spacial score (nSPS) is 10.1. The van der Waals surface area contributed by atoms with Gasteiger partial charge in [-0.25, -0.2) is 4.79 Å². The highest BCUT2D eigenvalue weighted by atomic mass is 16.4. The van der Waals surface area contributed by atoms with Gasteiger partial charge in [-0.2, -0.15) is 0 Å². The lowest BCUT2D eigenvalue weighted by molar-refractivity contribution is 0.0696. The minimum atomic E-state index is -0.957. The number of carbonyl (C=O) groups excluding carboxylic acids is 1. The van der Waals surface area contributed by atoms with Crippen molar-refractivity contribution < 1.29 is 14.7 Å². The summed E-state index contributed by atoms with van der Waals surface area (Å²) in [5, 5.41) is 8.83. The molecule has 3 heteroatoms. The number of Topliss-reactive ketones (excluding diaryl/α,β-unsaturated/α-hetero) is 1. The van der Waals surface area contributed by atoms with Gasteiger partial charge < -0.3 is 5.11 Å². The van der Waals surface area contributed by atoms with E-state index >= 15 is 0 Å². The number of carboxylic acids is 1. The second-order valence-electron chi connectivity index (χ2n) is 3.98. The van der Waals surface area contributed by atoms with Crippen LogP contribution in [0.4, 0.5) is 0 Å². The number of hydrogen-bond acceptors (Lipinski definition) is 2. The highest BCUT2D eigenvalue weighted by Crippen LogP contribution is 2.24. The van der Waals surface area contributed by atoms with E-state index in [1.165, 1.54) is 19.1 Å². The van der Waals surface area contributed by atoms with E-state index in [0.29, 0.717) is 5.56 Å². The molecule has 0 radical (unpaired) electrons. The van der Waals surface area contributed by atoms with Gasteiger partial charge in [0, 0.05) is 5.56 Å². The Morgan fingerprint density at radius 1 is 0.944 bits per heavy atom. The molecule has 0 fully saturated rings. The van der Waals surface area contributed by atoms with Crippen molar-refractivity contribution in [3.63, 3.8) is 0 Å². The van der Waals surface area contributed by atoms with Gasteiger partial charge in [-0.15, -0.1) is 0 Å². The number of rotatable bonds is 3. The Bertz CT molecular complexity index is 597. The lowest BCUT2D eigenvalue weighted by Crippen LogP contribution is -1.97. The lowest BCUT2D eigenvalue weighted by atomic mass is 9.97. The van der Waals surface area contributed by atoms with Crippen LogP contribution >= 0.6 is 0 Å². The molecular formula is C15H12O3. The summed E-state index contributed by atoms with van der Waals surface area (Å²) in [7, 11) is 0. The molecule has 90 valence electrons. The van der Waals surface area contributed by atoms with Crippen molar-refractivity contribution in [2.45, 2.75) is 6.92 Å². The van der Waals surface area contributed by atoms with E-state index in [1.54, 1.807) is 18.2 Å². The van der Waals surface area contributed by atoms with E-state index in [4.69, 9.17) is 5.11 Å². The SMILES string of the molecule is CC(=O)c1ccccc1-c1ccc(C(=O)O)cc1. The molecule has 0 aliphatic carbocycles. The number of aromatic carboxylic acids is 1. The van der Waals surface area contributed by atoms with Crippen molar-refractivity contribution in [1.29, 1.82) is 0 Å². The fourth-order valence-corrected chi connectivity index (χ4v) is 1.83. The van der Waals surface area contributed by atoms with Gasteiger partial charge in [0.25, 0.3) is 0 Å². The van der Waals surface area contributed by atoms with Crippen LogP contribution in [0.3, 0.4) is 0 Å². The van der Waals surface area contributed by atoms with Gasteiger partial charge in [0.15, 0.2) is 5.78 Å². The Morgan fingerprint density at radius 3 is 2.11 bits per heavy atom. The van der Waals surface area contributed by atoms with Crippen molar-refractivity contribution in [3.8, 4) is 11.1 Å². The van der Waals surface area contributed by atoms with Crippen LogP contribution in [-0.4, -0.2) is 16.9 Å². The van der Waals surface area contributed by atoms with Crippen molar-refractivity contribution in [1.82, 2.24) is 0 Å². The molecular weight excluding hydrogens is 228 g/mol. The molecule has 0 aromatic heterocycles. The third-order valence-corrected chi connectivity index (χ3v) is 2.75. The average Bonchev–Trinajstić information content (AvgIpc) is 2.39. The first kappa shape index (κ1) is 12.0. The minimum Gasteiger partial charge on any atom is -0.478 e. The first-order valence-electron chi connectivity index (χ1n) is 5.53. The molecule has 0 heterocycles. The Labute approximate surface area is 105 Å². The molecule has 0 unspecified atom stereocenters. The smallest absolute Gasteiger partial charge is 0.335 e. The summed E-state index contributed by atoms with van der Waals surface area (Å²) in [4.78, 5) is 22.3. The van der Waals surface area contributed by atoms with Gasteiger partial charge in [-0.05, 0) is 30.2 Å². The number of hydrogen-bond donors (Lipinski definition) is 1. The largest absolute Gasteiger partial charge is 0.478 e. The topological polar surface area (TPSA) is 54.4 Å². The maximum Gasteiger partial charge on any atom is 0.335 e. The minimum absolute atomic E-state index is 0.00656. The molecule has 3 nitrogen and oxygen atoms in total. The highest BCUT2D eigenvalue weighted by molar-refractivity contribution is 6.01. The molecule has 0 bridgehead atoms. The van der Waals surface area contributed by atoms with Crippen LogP contribution < -0.4 is 0 Å². The summed E-state index contributed by atoms with van der Waals surface area (Å²) in [6.45, 7) is 1.52. The molecule has 0 saturated heterocycles. The summed E-state index contributed by atoms with van der Waals surface area (Å²) < 4.78 is 0. The van der Waals surface area contributed by atoms with E-state index in [-0.39, 0.29) is 11.3 Å². The lowest BCUT2D eigenvalue weighted by Gasteiger charge is -2.07. The Balaban J connectivity index is 2.49. The van der Waals surface area contributed by atoms with Crippen LogP contribution in [0.2, 0.25) is 0 Å². The summed E-state index contributed by atoms with van der Waals surface area (Å²) in [6, 6.07) is 13.8. The zero-order valence-electron chi connectivity index (χ0n) is 9.88. The maximum atomic E-state index is 11.5. The monoisotopic (exact) mass is 240 g/mol. The molecule has 1 N–H and O–H groups in total. The van der Waals surface area contributed by atoms with E-state index in [1.807, 2.05) is 18.2 Å². The fraction of sp³-hybridized carbons (Fsp3) is 0.0667. The van der Waals surface area contributed by atoms with Crippen LogP contribution in [0.25, 0.3) is 11.1 Å². The maximum absolute atomic E-state index is 11.5. The first-order chi connectivity index (χ1) is 8.59. The molecule has 0 atom stereocenters. The van der Waals surface area contributed by atoms with Crippen LogP contribution in [0.15, 0.2) is 48.5 Å². The van der Waals surface area contributed by atoms with Gasteiger partial charge in [0.05, 0.1) is 5.56 Å². The summed E-state index contributed by atoms with van der Waals surface area (Å²) in [6.07, 6.45) is 0. The molecule has 0 aliphatic rings. The molecule has 0 spiro atoms. The molecule has 2 rings (SSSR count). The number of benzene rings is 2. The standard InChI is InChI=1S/C15H12O3/c1-10(16)13-4-2-3-5-14(13)11-6-8-12(9-7-11)15(17)18/h2-9H,1H3,(H,17,18).